The number of piperidine rings is 1. The van der Waals surface area contributed by atoms with Gasteiger partial charge in [0.1, 0.15) is 5.75 Å². The second kappa shape index (κ2) is 5.30. The van der Waals surface area contributed by atoms with E-state index in [1.807, 2.05) is 6.07 Å². The Balaban J connectivity index is 2.10. The van der Waals surface area contributed by atoms with Crippen LogP contribution in [0.25, 0.3) is 0 Å². The quantitative estimate of drug-likeness (QED) is 0.839. The van der Waals surface area contributed by atoms with Crippen molar-refractivity contribution in [2.75, 3.05) is 13.7 Å². The number of ether oxygens (including phenoxy) is 1. The lowest BCUT2D eigenvalue weighted by atomic mass is 9.60. The van der Waals surface area contributed by atoms with E-state index in [2.05, 4.69) is 29.6 Å². The Hall–Kier alpha value is -1.79. The number of nitriles is 1. The summed E-state index contributed by atoms with van der Waals surface area (Å²) < 4.78 is 5.38. The molecule has 104 valence electrons. The average molecular weight is 268 g/mol. The Morgan fingerprint density at radius 3 is 3.15 bits per heavy atom. The van der Waals surface area contributed by atoms with Gasteiger partial charge in [0.25, 0.3) is 0 Å². The van der Waals surface area contributed by atoms with E-state index in [0.717, 1.165) is 31.6 Å². The van der Waals surface area contributed by atoms with Gasteiger partial charge >= 0.3 is 0 Å². The van der Waals surface area contributed by atoms with Crippen molar-refractivity contribution in [3.8, 4) is 11.8 Å². The number of methoxy groups -OCH3 is 1. The first-order valence-corrected chi connectivity index (χ1v) is 7.28. The van der Waals surface area contributed by atoms with Gasteiger partial charge in [-0.2, -0.15) is 5.26 Å². The number of fused-ring (bicyclic) bond motifs is 2. The van der Waals surface area contributed by atoms with Gasteiger partial charge in [-0.1, -0.05) is 18.6 Å². The van der Waals surface area contributed by atoms with Gasteiger partial charge in [-0.3, -0.25) is 0 Å². The minimum atomic E-state index is 0.0262. The van der Waals surface area contributed by atoms with Crippen LogP contribution in [-0.2, 0) is 5.41 Å². The molecule has 3 heteroatoms. The number of hydrogen-bond acceptors (Lipinski definition) is 3. The fourth-order valence-corrected chi connectivity index (χ4v) is 3.87. The topological polar surface area (TPSA) is 45.0 Å². The summed E-state index contributed by atoms with van der Waals surface area (Å²) in [6.45, 7) is 1.02. The molecular weight excluding hydrogens is 248 g/mol. The lowest BCUT2D eigenvalue weighted by Gasteiger charge is -2.48. The van der Waals surface area contributed by atoms with Crippen molar-refractivity contribution in [1.82, 2.24) is 5.32 Å². The monoisotopic (exact) mass is 268 g/mol. The summed E-state index contributed by atoms with van der Waals surface area (Å²) in [4.78, 5) is 0. The fourth-order valence-electron chi connectivity index (χ4n) is 3.87. The normalized spacial score (nSPS) is 30.8. The van der Waals surface area contributed by atoms with Crippen LogP contribution in [0.3, 0.4) is 0 Å². The highest BCUT2D eigenvalue weighted by molar-refractivity contribution is 5.46. The minimum absolute atomic E-state index is 0.0262. The highest BCUT2D eigenvalue weighted by Crippen LogP contribution is 2.48. The van der Waals surface area contributed by atoms with Crippen molar-refractivity contribution >= 4 is 0 Å². The van der Waals surface area contributed by atoms with Gasteiger partial charge in [0, 0.05) is 17.5 Å². The summed E-state index contributed by atoms with van der Waals surface area (Å²) in [5.41, 5.74) is 2.59. The van der Waals surface area contributed by atoms with Gasteiger partial charge in [-0.05, 0) is 49.1 Å². The summed E-state index contributed by atoms with van der Waals surface area (Å²) in [7, 11) is 1.70. The molecule has 0 aromatic heterocycles. The summed E-state index contributed by atoms with van der Waals surface area (Å²) in [5.74, 6) is 0.897. The number of allylic oxidation sites excluding steroid dienone is 1. The third-order valence-corrected chi connectivity index (χ3v) is 4.81. The van der Waals surface area contributed by atoms with E-state index >= 15 is 0 Å². The van der Waals surface area contributed by atoms with E-state index in [9.17, 15) is 0 Å². The van der Waals surface area contributed by atoms with Crippen LogP contribution in [0.2, 0.25) is 0 Å². The van der Waals surface area contributed by atoms with Gasteiger partial charge in [0.05, 0.1) is 13.2 Å². The standard InChI is InChI=1S/C17H20N2O/c1-20-14-5-2-4-13(12-14)17-8-3-6-16(19-11-9-17)15(17)7-10-18/h2,4-5,7,12,16,19H,3,6,8-9,11H2,1H3/b15-7+. The molecule has 0 amide bonds. The van der Waals surface area contributed by atoms with Crippen molar-refractivity contribution in [2.24, 2.45) is 0 Å². The fraction of sp³-hybridized carbons (Fsp3) is 0.471. The van der Waals surface area contributed by atoms with Gasteiger partial charge in [0.15, 0.2) is 0 Å². The molecule has 2 unspecified atom stereocenters. The van der Waals surface area contributed by atoms with E-state index in [4.69, 9.17) is 10.00 Å². The van der Waals surface area contributed by atoms with Crippen molar-refractivity contribution < 1.29 is 4.74 Å². The van der Waals surface area contributed by atoms with Crippen molar-refractivity contribution in [3.63, 3.8) is 0 Å². The maximum atomic E-state index is 9.16. The molecule has 1 aromatic rings. The summed E-state index contributed by atoms with van der Waals surface area (Å²) in [6.07, 6.45) is 6.31. The number of rotatable bonds is 2. The molecule has 1 heterocycles. The van der Waals surface area contributed by atoms with Gasteiger partial charge in [-0.25, -0.2) is 0 Å². The molecule has 3 rings (SSSR count). The number of nitrogens with one attached hydrogen (secondary N) is 1. The van der Waals surface area contributed by atoms with Gasteiger partial charge < -0.3 is 10.1 Å². The maximum absolute atomic E-state index is 9.16. The molecule has 2 atom stereocenters. The zero-order valence-corrected chi connectivity index (χ0v) is 11.9. The van der Waals surface area contributed by atoms with E-state index < -0.39 is 0 Å². The van der Waals surface area contributed by atoms with Crippen LogP contribution in [0, 0.1) is 11.3 Å². The van der Waals surface area contributed by atoms with Crippen LogP contribution in [0.15, 0.2) is 35.9 Å². The molecule has 1 aromatic carbocycles. The molecule has 1 saturated carbocycles. The summed E-state index contributed by atoms with van der Waals surface area (Å²) >= 11 is 0. The first kappa shape index (κ1) is 13.2. The predicted molar refractivity (Wildman–Crippen MR) is 78.6 cm³/mol. The lowest BCUT2D eigenvalue weighted by Crippen LogP contribution is -2.51. The highest BCUT2D eigenvalue weighted by Gasteiger charge is 2.44. The predicted octanol–water partition coefficient (Wildman–Crippen LogP) is 2.93. The minimum Gasteiger partial charge on any atom is -0.497 e. The largest absolute Gasteiger partial charge is 0.497 e. The molecule has 3 nitrogen and oxygen atoms in total. The van der Waals surface area contributed by atoms with E-state index in [0.29, 0.717) is 6.04 Å². The number of benzene rings is 1. The molecular formula is C17H20N2O. The van der Waals surface area contributed by atoms with Crippen LogP contribution in [-0.4, -0.2) is 19.7 Å². The van der Waals surface area contributed by atoms with Crippen molar-refractivity contribution in [2.45, 2.75) is 37.1 Å². The SMILES string of the molecule is COc1cccc(C23CCCC(NCC2)/C3=C\C#N)c1. The average Bonchev–Trinajstić information content (AvgIpc) is 2.48. The van der Waals surface area contributed by atoms with E-state index in [1.165, 1.54) is 17.6 Å². The smallest absolute Gasteiger partial charge is 0.119 e. The van der Waals surface area contributed by atoms with Crippen LogP contribution in [0.1, 0.15) is 31.2 Å². The third kappa shape index (κ3) is 2.01. The van der Waals surface area contributed by atoms with E-state index in [1.54, 1.807) is 13.2 Å². The highest BCUT2D eigenvalue weighted by atomic mass is 16.5. The molecule has 2 bridgehead atoms. The molecule has 0 radical (unpaired) electrons. The molecule has 1 aliphatic heterocycles. The lowest BCUT2D eigenvalue weighted by molar-refractivity contribution is 0.262. The van der Waals surface area contributed by atoms with Crippen LogP contribution >= 0.6 is 0 Å². The summed E-state index contributed by atoms with van der Waals surface area (Å²) in [6, 6.07) is 11.0. The third-order valence-electron chi connectivity index (χ3n) is 4.81. The molecule has 2 fully saturated rings. The summed E-state index contributed by atoms with van der Waals surface area (Å²) in [5, 5.41) is 12.7. The molecule has 0 spiro atoms. The zero-order valence-electron chi connectivity index (χ0n) is 11.9. The maximum Gasteiger partial charge on any atom is 0.119 e. The first-order chi connectivity index (χ1) is 9.80. The van der Waals surface area contributed by atoms with Crippen LogP contribution in [0.5, 0.6) is 5.75 Å². The second-order valence-electron chi connectivity index (χ2n) is 5.69. The molecule has 1 aliphatic carbocycles. The number of nitrogens with zero attached hydrogens (tertiary/aromatic N) is 1. The molecule has 20 heavy (non-hydrogen) atoms. The molecule has 1 N–H and O–H groups in total. The van der Waals surface area contributed by atoms with Gasteiger partial charge in [0.2, 0.25) is 0 Å². The van der Waals surface area contributed by atoms with Crippen molar-refractivity contribution in [1.29, 1.82) is 5.26 Å². The van der Waals surface area contributed by atoms with Gasteiger partial charge in [-0.15, -0.1) is 0 Å². The second-order valence-corrected chi connectivity index (χ2v) is 5.69. The Bertz CT molecular complexity index is 561. The number of hydrogen-bond donors (Lipinski definition) is 1. The zero-order chi connectivity index (χ0) is 14.0. The van der Waals surface area contributed by atoms with E-state index in [-0.39, 0.29) is 5.41 Å². The Morgan fingerprint density at radius 1 is 1.45 bits per heavy atom. The molecule has 2 aliphatic rings. The van der Waals surface area contributed by atoms with Crippen LogP contribution in [0.4, 0.5) is 0 Å². The van der Waals surface area contributed by atoms with Crippen LogP contribution < -0.4 is 10.1 Å². The Morgan fingerprint density at radius 2 is 2.35 bits per heavy atom. The first-order valence-electron chi connectivity index (χ1n) is 7.28. The Labute approximate surface area is 120 Å². The molecule has 1 saturated heterocycles. The Kier molecular flexibility index (Phi) is 3.50. The van der Waals surface area contributed by atoms with Crippen molar-refractivity contribution in [3.05, 3.63) is 41.5 Å².